The van der Waals surface area contributed by atoms with E-state index in [0.29, 0.717) is 47.1 Å². The Bertz CT molecular complexity index is 978. The van der Waals surface area contributed by atoms with Crippen LogP contribution < -0.4 is 19.7 Å². The molecule has 4 heterocycles. The van der Waals surface area contributed by atoms with Crippen molar-refractivity contribution in [3.63, 3.8) is 0 Å². The summed E-state index contributed by atoms with van der Waals surface area (Å²) in [5.41, 5.74) is 0.483. The number of hydrogen-bond donors (Lipinski definition) is 1. The van der Waals surface area contributed by atoms with Crippen LogP contribution in [0.25, 0.3) is 0 Å². The van der Waals surface area contributed by atoms with Gasteiger partial charge < -0.3 is 29.2 Å². The van der Waals surface area contributed by atoms with Gasteiger partial charge in [0.05, 0.1) is 42.3 Å². The molecule has 5 rings (SSSR count). The van der Waals surface area contributed by atoms with Crippen molar-refractivity contribution in [2.24, 2.45) is 0 Å². The van der Waals surface area contributed by atoms with Crippen molar-refractivity contribution in [3.8, 4) is 11.5 Å². The van der Waals surface area contributed by atoms with Crippen LogP contribution in [0.15, 0.2) is 17.3 Å². The van der Waals surface area contributed by atoms with Crippen molar-refractivity contribution in [2.45, 2.75) is 30.6 Å². The number of anilines is 2. The van der Waals surface area contributed by atoms with Crippen molar-refractivity contribution in [3.05, 3.63) is 17.2 Å². The Morgan fingerprint density at radius 2 is 2.00 bits per heavy atom. The number of amides is 1. The summed E-state index contributed by atoms with van der Waals surface area (Å²) < 4.78 is 24.0. The number of nitrogens with zero attached hydrogens (tertiary/aromatic N) is 4. The monoisotopic (exact) mass is 481 g/mol. The van der Waals surface area contributed by atoms with E-state index in [1.807, 2.05) is 0 Å². The standard InChI is InChI=1S/C20H24ClN5O5S/c21-14-8-16-17(31-12-30-16)9-15(14)22-18(27)11-32-20-24-23-19(25-3-6-28-7-4-25)26(20)10-13-2-1-5-29-13/h8-9,13H,1-7,10-12H2,(H,22,27). The van der Waals surface area contributed by atoms with Crippen molar-refractivity contribution in [2.75, 3.05) is 55.7 Å². The minimum Gasteiger partial charge on any atom is -0.454 e. The predicted octanol–water partition coefficient (Wildman–Crippen LogP) is 2.41. The zero-order valence-corrected chi connectivity index (χ0v) is 19.0. The smallest absolute Gasteiger partial charge is 0.234 e. The molecular formula is C20H24ClN5O5S. The van der Waals surface area contributed by atoms with E-state index in [9.17, 15) is 4.79 Å². The number of aromatic nitrogens is 3. The summed E-state index contributed by atoms with van der Waals surface area (Å²) in [5.74, 6) is 1.89. The molecule has 10 nitrogen and oxygen atoms in total. The van der Waals surface area contributed by atoms with Crippen LogP contribution >= 0.6 is 23.4 Å². The van der Waals surface area contributed by atoms with Gasteiger partial charge in [-0.3, -0.25) is 9.36 Å². The first-order chi connectivity index (χ1) is 15.7. The van der Waals surface area contributed by atoms with E-state index in [-0.39, 0.29) is 24.6 Å². The maximum absolute atomic E-state index is 12.6. The quantitative estimate of drug-likeness (QED) is 0.597. The highest BCUT2D eigenvalue weighted by Gasteiger charge is 2.25. The number of nitrogens with one attached hydrogen (secondary N) is 1. The molecular weight excluding hydrogens is 458 g/mol. The first kappa shape index (κ1) is 21.6. The van der Waals surface area contributed by atoms with Crippen molar-refractivity contribution >= 4 is 40.9 Å². The molecule has 1 aromatic carbocycles. The lowest BCUT2D eigenvalue weighted by Gasteiger charge is -2.28. The van der Waals surface area contributed by atoms with Gasteiger partial charge in [-0.2, -0.15) is 0 Å². The second-order valence-electron chi connectivity index (χ2n) is 7.65. The van der Waals surface area contributed by atoms with Crippen molar-refractivity contribution in [1.82, 2.24) is 14.8 Å². The topological polar surface area (TPSA) is 100.0 Å². The van der Waals surface area contributed by atoms with E-state index >= 15 is 0 Å². The van der Waals surface area contributed by atoms with Crippen LogP contribution in [-0.4, -0.2) is 72.2 Å². The van der Waals surface area contributed by atoms with Gasteiger partial charge in [0.25, 0.3) is 0 Å². The Morgan fingerprint density at radius 1 is 1.19 bits per heavy atom. The summed E-state index contributed by atoms with van der Waals surface area (Å²) in [4.78, 5) is 14.8. The van der Waals surface area contributed by atoms with Gasteiger partial charge in [-0.1, -0.05) is 23.4 Å². The average molecular weight is 482 g/mol. The van der Waals surface area contributed by atoms with Gasteiger partial charge in [-0.25, -0.2) is 0 Å². The molecule has 1 amide bonds. The maximum Gasteiger partial charge on any atom is 0.234 e. The molecule has 3 aliphatic rings. The fourth-order valence-electron chi connectivity index (χ4n) is 3.87. The van der Waals surface area contributed by atoms with Gasteiger partial charge in [0, 0.05) is 31.8 Å². The summed E-state index contributed by atoms with van der Waals surface area (Å²) in [6, 6.07) is 3.31. The van der Waals surface area contributed by atoms with Crippen molar-refractivity contribution < 1.29 is 23.7 Å². The third-order valence-electron chi connectivity index (χ3n) is 5.47. The lowest BCUT2D eigenvalue weighted by molar-refractivity contribution is -0.113. The fourth-order valence-corrected chi connectivity index (χ4v) is 4.81. The van der Waals surface area contributed by atoms with Gasteiger partial charge in [0.2, 0.25) is 18.6 Å². The highest BCUT2D eigenvalue weighted by atomic mass is 35.5. The largest absolute Gasteiger partial charge is 0.454 e. The summed E-state index contributed by atoms with van der Waals surface area (Å²) in [5, 5.41) is 12.7. The number of morpholine rings is 1. The number of carbonyl (C=O) groups is 1. The van der Waals surface area contributed by atoms with E-state index in [0.717, 1.165) is 38.5 Å². The number of ether oxygens (including phenoxy) is 4. The van der Waals surface area contributed by atoms with Crippen LogP contribution in [-0.2, 0) is 20.8 Å². The first-order valence-corrected chi connectivity index (χ1v) is 11.9. The zero-order chi connectivity index (χ0) is 21.9. The van der Waals surface area contributed by atoms with Crippen molar-refractivity contribution in [1.29, 1.82) is 0 Å². The van der Waals surface area contributed by atoms with Gasteiger partial charge in [0.1, 0.15) is 0 Å². The van der Waals surface area contributed by atoms with Crippen LogP contribution in [0, 0.1) is 0 Å². The predicted molar refractivity (Wildman–Crippen MR) is 119 cm³/mol. The molecule has 0 spiro atoms. The Morgan fingerprint density at radius 3 is 2.78 bits per heavy atom. The van der Waals surface area contributed by atoms with Crippen LogP contribution in [0.1, 0.15) is 12.8 Å². The minimum atomic E-state index is -0.199. The van der Waals surface area contributed by atoms with Crippen LogP contribution in [0.5, 0.6) is 11.5 Å². The molecule has 1 aromatic heterocycles. The molecule has 3 aliphatic heterocycles. The highest BCUT2D eigenvalue weighted by Crippen LogP contribution is 2.39. The Balaban J connectivity index is 1.27. The first-order valence-electron chi connectivity index (χ1n) is 10.6. The highest BCUT2D eigenvalue weighted by molar-refractivity contribution is 7.99. The van der Waals surface area contributed by atoms with E-state index in [2.05, 4.69) is 25.0 Å². The van der Waals surface area contributed by atoms with E-state index < -0.39 is 0 Å². The zero-order valence-electron chi connectivity index (χ0n) is 17.4. The number of halogens is 1. The minimum absolute atomic E-state index is 0.131. The molecule has 2 aromatic rings. The molecule has 0 bridgehead atoms. The third kappa shape index (κ3) is 4.75. The SMILES string of the molecule is O=C(CSc1nnc(N2CCOCC2)n1CC1CCCO1)Nc1cc2c(cc1Cl)OCO2. The molecule has 172 valence electrons. The molecule has 0 aliphatic carbocycles. The van der Waals surface area contributed by atoms with Gasteiger partial charge in [-0.05, 0) is 12.8 Å². The number of carbonyl (C=O) groups excluding carboxylic acids is 1. The Labute approximate surface area is 194 Å². The molecule has 1 unspecified atom stereocenters. The van der Waals surface area contributed by atoms with Gasteiger partial charge in [0.15, 0.2) is 16.7 Å². The summed E-state index contributed by atoms with van der Waals surface area (Å²) in [6.07, 6.45) is 2.20. The maximum atomic E-state index is 12.6. The number of hydrogen-bond acceptors (Lipinski definition) is 9. The molecule has 1 atom stereocenters. The summed E-state index contributed by atoms with van der Waals surface area (Å²) >= 11 is 7.60. The normalized spacial score (nSPS) is 20.0. The van der Waals surface area contributed by atoms with Crippen LogP contribution in [0.2, 0.25) is 5.02 Å². The Kier molecular flexibility index (Phi) is 6.58. The van der Waals surface area contributed by atoms with Crippen LogP contribution in [0.4, 0.5) is 11.6 Å². The fraction of sp³-hybridized carbons (Fsp3) is 0.550. The van der Waals surface area contributed by atoms with Crippen LogP contribution in [0.3, 0.4) is 0 Å². The number of benzene rings is 1. The molecule has 0 radical (unpaired) electrons. The molecule has 2 fully saturated rings. The second-order valence-corrected chi connectivity index (χ2v) is 9.00. The van der Waals surface area contributed by atoms with E-state index in [1.165, 1.54) is 11.8 Å². The van der Waals surface area contributed by atoms with E-state index in [4.69, 9.17) is 30.5 Å². The third-order valence-corrected chi connectivity index (χ3v) is 6.75. The summed E-state index contributed by atoms with van der Waals surface area (Å²) in [7, 11) is 0. The molecule has 2 saturated heterocycles. The van der Waals surface area contributed by atoms with Gasteiger partial charge in [-0.15, -0.1) is 10.2 Å². The lowest BCUT2D eigenvalue weighted by Crippen LogP contribution is -2.38. The molecule has 12 heteroatoms. The average Bonchev–Trinajstić information content (AvgIpc) is 3.55. The number of thioether (sulfide) groups is 1. The summed E-state index contributed by atoms with van der Waals surface area (Å²) in [6.45, 7) is 4.43. The second kappa shape index (κ2) is 9.74. The molecule has 1 N–H and O–H groups in total. The Hall–Kier alpha value is -2.21. The van der Waals surface area contributed by atoms with Gasteiger partial charge >= 0.3 is 0 Å². The van der Waals surface area contributed by atoms with E-state index in [1.54, 1.807) is 12.1 Å². The number of fused-ring (bicyclic) bond motifs is 1. The number of rotatable bonds is 7. The molecule has 0 saturated carbocycles. The lowest BCUT2D eigenvalue weighted by atomic mass is 10.2. The molecule has 32 heavy (non-hydrogen) atoms.